The summed E-state index contributed by atoms with van der Waals surface area (Å²) in [6, 6.07) is 7.48. The summed E-state index contributed by atoms with van der Waals surface area (Å²) >= 11 is 11.8. The molecule has 2 rings (SSSR count). The van der Waals surface area contributed by atoms with E-state index >= 15 is 0 Å². The Labute approximate surface area is 108 Å². The molecule has 0 fully saturated rings. The van der Waals surface area contributed by atoms with Crippen molar-refractivity contribution in [1.82, 2.24) is 0 Å². The fourth-order valence-electron chi connectivity index (χ4n) is 1.65. The highest BCUT2D eigenvalue weighted by molar-refractivity contribution is 6.36. The summed E-state index contributed by atoms with van der Waals surface area (Å²) in [6.07, 6.45) is 0. The van der Waals surface area contributed by atoms with Crippen LogP contribution < -0.4 is 0 Å². The maximum atomic E-state index is 13.3. The minimum Gasteiger partial charge on any atom is -0.506 e. The van der Waals surface area contributed by atoms with Crippen LogP contribution in [-0.4, -0.2) is 5.11 Å². The van der Waals surface area contributed by atoms with E-state index in [1.54, 1.807) is 13.0 Å². The Kier molecular flexibility index (Phi) is 3.27. The zero-order valence-corrected chi connectivity index (χ0v) is 10.5. The summed E-state index contributed by atoms with van der Waals surface area (Å²) in [7, 11) is 0. The highest BCUT2D eigenvalue weighted by atomic mass is 35.5. The van der Waals surface area contributed by atoms with E-state index in [1.807, 2.05) is 0 Å². The average Bonchev–Trinajstić information content (AvgIpc) is 2.22. The smallest absolute Gasteiger partial charge is 0.135 e. The highest BCUT2D eigenvalue weighted by Crippen LogP contribution is 2.36. The first-order valence-corrected chi connectivity index (χ1v) is 5.68. The third-order valence-corrected chi connectivity index (χ3v) is 3.01. The zero-order valence-electron chi connectivity index (χ0n) is 8.97. The molecule has 2 aromatic rings. The molecule has 0 aliphatic heterocycles. The van der Waals surface area contributed by atoms with Crippen molar-refractivity contribution in [3.63, 3.8) is 0 Å². The van der Waals surface area contributed by atoms with Crippen LogP contribution in [0.4, 0.5) is 4.39 Å². The molecule has 0 saturated heterocycles. The van der Waals surface area contributed by atoms with Gasteiger partial charge >= 0.3 is 0 Å². The number of phenols is 1. The van der Waals surface area contributed by atoms with Crippen molar-refractivity contribution >= 4 is 23.2 Å². The largest absolute Gasteiger partial charge is 0.506 e. The number of halogens is 3. The van der Waals surface area contributed by atoms with Gasteiger partial charge in [-0.2, -0.15) is 0 Å². The molecule has 0 bridgehead atoms. The van der Waals surface area contributed by atoms with Gasteiger partial charge in [0.2, 0.25) is 0 Å². The van der Waals surface area contributed by atoms with Crippen LogP contribution in [0.5, 0.6) is 5.75 Å². The Morgan fingerprint density at radius 2 is 1.71 bits per heavy atom. The first kappa shape index (κ1) is 12.2. The lowest BCUT2D eigenvalue weighted by molar-refractivity contribution is 0.475. The third kappa shape index (κ3) is 2.54. The molecule has 0 spiro atoms. The van der Waals surface area contributed by atoms with Gasteiger partial charge in [-0.05, 0) is 36.2 Å². The second kappa shape index (κ2) is 4.55. The number of rotatable bonds is 1. The Balaban J connectivity index is 2.64. The van der Waals surface area contributed by atoms with Gasteiger partial charge in [0.05, 0.1) is 10.0 Å². The van der Waals surface area contributed by atoms with E-state index in [1.165, 1.54) is 24.3 Å². The SMILES string of the molecule is Cc1cc(F)cc(-c2cc(Cl)c(O)cc2Cl)c1. The fraction of sp³-hybridized carbons (Fsp3) is 0.0769. The number of phenolic OH excluding ortho intramolecular Hbond substituents is 1. The van der Waals surface area contributed by atoms with Crippen molar-refractivity contribution in [2.75, 3.05) is 0 Å². The van der Waals surface area contributed by atoms with Crippen LogP contribution in [0, 0.1) is 12.7 Å². The Morgan fingerprint density at radius 1 is 1.00 bits per heavy atom. The minimum atomic E-state index is -0.333. The van der Waals surface area contributed by atoms with Gasteiger partial charge in [-0.1, -0.05) is 29.3 Å². The van der Waals surface area contributed by atoms with Crippen LogP contribution in [0.3, 0.4) is 0 Å². The molecule has 0 amide bonds. The van der Waals surface area contributed by atoms with Crippen LogP contribution in [0.25, 0.3) is 11.1 Å². The number of aryl methyl sites for hydroxylation is 1. The fourth-order valence-corrected chi connectivity index (χ4v) is 2.08. The molecule has 0 radical (unpaired) electrons. The summed E-state index contributed by atoms with van der Waals surface area (Å²) in [6.45, 7) is 1.79. The van der Waals surface area contributed by atoms with Gasteiger partial charge in [-0.15, -0.1) is 0 Å². The summed E-state index contributed by atoms with van der Waals surface area (Å²) in [4.78, 5) is 0. The Morgan fingerprint density at radius 3 is 2.35 bits per heavy atom. The van der Waals surface area contributed by atoms with Crippen molar-refractivity contribution in [2.45, 2.75) is 6.92 Å². The number of hydrogen-bond acceptors (Lipinski definition) is 1. The van der Waals surface area contributed by atoms with Gasteiger partial charge in [0.15, 0.2) is 0 Å². The first-order valence-electron chi connectivity index (χ1n) is 4.93. The third-order valence-electron chi connectivity index (χ3n) is 2.39. The van der Waals surface area contributed by atoms with Crippen molar-refractivity contribution in [2.24, 2.45) is 0 Å². The second-order valence-electron chi connectivity index (χ2n) is 3.80. The van der Waals surface area contributed by atoms with Crippen molar-refractivity contribution < 1.29 is 9.50 Å². The average molecular weight is 271 g/mol. The van der Waals surface area contributed by atoms with Crippen LogP contribution >= 0.6 is 23.2 Å². The van der Waals surface area contributed by atoms with E-state index in [-0.39, 0.29) is 16.6 Å². The molecule has 0 heterocycles. The molecule has 1 nitrogen and oxygen atoms in total. The van der Waals surface area contributed by atoms with Crippen molar-refractivity contribution in [1.29, 1.82) is 0 Å². The lowest BCUT2D eigenvalue weighted by atomic mass is 10.0. The lowest BCUT2D eigenvalue weighted by Crippen LogP contribution is -1.85. The number of hydrogen-bond donors (Lipinski definition) is 1. The molecule has 2 aromatic carbocycles. The molecule has 17 heavy (non-hydrogen) atoms. The van der Waals surface area contributed by atoms with Crippen LogP contribution in [0.15, 0.2) is 30.3 Å². The van der Waals surface area contributed by atoms with Gasteiger partial charge in [0, 0.05) is 11.6 Å². The quantitative estimate of drug-likeness (QED) is 0.788. The molecular weight excluding hydrogens is 262 g/mol. The van der Waals surface area contributed by atoms with Crippen LogP contribution in [0.2, 0.25) is 10.0 Å². The highest BCUT2D eigenvalue weighted by Gasteiger charge is 2.09. The van der Waals surface area contributed by atoms with E-state index in [0.717, 1.165) is 5.56 Å². The maximum Gasteiger partial charge on any atom is 0.135 e. The molecule has 0 saturated carbocycles. The van der Waals surface area contributed by atoms with Crippen LogP contribution in [-0.2, 0) is 0 Å². The number of aromatic hydroxyl groups is 1. The minimum absolute atomic E-state index is 0.0893. The van der Waals surface area contributed by atoms with E-state index in [2.05, 4.69) is 0 Å². The summed E-state index contributed by atoms with van der Waals surface area (Å²) in [5.41, 5.74) is 2.02. The van der Waals surface area contributed by atoms with Crippen molar-refractivity contribution in [3.8, 4) is 16.9 Å². The van der Waals surface area contributed by atoms with Gasteiger partial charge in [0.1, 0.15) is 11.6 Å². The summed E-state index contributed by atoms with van der Waals surface area (Å²) in [5, 5.41) is 9.91. The monoisotopic (exact) mass is 270 g/mol. The van der Waals surface area contributed by atoms with Crippen molar-refractivity contribution in [3.05, 3.63) is 51.8 Å². The molecule has 4 heteroatoms. The lowest BCUT2D eigenvalue weighted by Gasteiger charge is -2.08. The molecule has 0 unspecified atom stereocenters. The predicted molar refractivity (Wildman–Crippen MR) is 68.3 cm³/mol. The molecule has 88 valence electrons. The Bertz CT molecular complexity index is 562. The van der Waals surface area contributed by atoms with Gasteiger partial charge in [-0.25, -0.2) is 4.39 Å². The van der Waals surface area contributed by atoms with Gasteiger partial charge in [-0.3, -0.25) is 0 Å². The van der Waals surface area contributed by atoms with Gasteiger partial charge < -0.3 is 5.11 Å². The molecule has 0 aromatic heterocycles. The molecular formula is C13H9Cl2FO. The van der Waals surface area contributed by atoms with E-state index in [4.69, 9.17) is 23.2 Å². The number of benzene rings is 2. The standard InChI is InChI=1S/C13H9Cl2FO/c1-7-2-8(4-9(16)3-7)10-5-12(15)13(17)6-11(10)14/h2-6,17H,1H3. The van der Waals surface area contributed by atoms with Gasteiger partial charge in [0.25, 0.3) is 0 Å². The predicted octanol–water partition coefficient (Wildman–Crippen LogP) is 4.81. The second-order valence-corrected chi connectivity index (χ2v) is 4.62. The molecule has 0 aliphatic rings. The molecule has 0 atom stereocenters. The van der Waals surface area contributed by atoms with Crippen LogP contribution in [0.1, 0.15) is 5.56 Å². The molecule has 0 aliphatic carbocycles. The summed E-state index contributed by atoms with van der Waals surface area (Å²) in [5.74, 6) is -0.422. The Hall–Kier alpha value is -1.25. The zero-order chi connectivity index (χ0) is 12.6. The van der Waals surface area contributed by atoms with E-state index in [0.29, 0.717) is 16.1 Å². The topological polar surface area (TPSA) is 20.2 Å². The first-order chi connectivity index (χ1) is 7.97. The van der Waals surface area contributed by atoms with E-state index < -0.39 is 0 Å². The maximum absolute atomic E-state index is 13.3. The molecule has 1 N–H and O–H groups in total. The normalized spacial score (nSPS) is 10.6. The van der Waals surface area contributed by atoms with E-state index in [9.17, 15) is 9.50 Å². The summed E-state index contributed by atoms with van der Waals surface area (Å²) < 4.78 is 13.3.